The first-order valence-electron chi connectivity index (χ1n) is 9.20. The van der Waals surface area contributed by atoms with Crippen LogP contribution in [0.4, 0.5) is 11.5 Å². The molecule has 28 heavy (non-hydrogen) atoms. The number of fused-ring (bicyclic) bond motifs is 1. The number of anilines is 2. The zero-order valence-electron chi connectivity index (χ0n) is 16.2. The Morgan fingerprint density at radius 3 is 2.68 bits per heavy atom. The lowest BCUT2D eigenvalue weighted by Crippen LogP contribution is -2.44. The number of benzene rings is 1. The Balaban J connectivity index is 1.68. The van der Waals surface area contributed by atoms with E-state index >= 15 is 0 Å². The SMILES string of the molecule is COc1ccccc1NC(=O)c1sc2ncnc(N3CCN(C)CC3)c2c1C. The van der Waals surface area contributed by atoms with Gasteiger partial charge in [0.1, 0.15) is 22.7 Å². The number of aromatic nitrogens is 2. The molecule has 1 aromatic carbocycles. The van der Waals surface area contributed by atoms with Crippen LogP contribution in [0.1, 0.15) is 15.2 Å². The van der Waals surface area contributed by atoms with E-state index in [4.69, 9.17) is 4.74 Å². The molecule has 1 aliphatic rings. The van der Waals surface area contributed by atoms with Crippen LogP contribution in [0, 0.1) is 6.92 Å². The normalized spacial score (nSPS) is 15.0. The Bertz CT molecular complexity index is 1010. The molecule has 1 N–H and O–H groups in total. The van der Waals surface area contributed by atoms with Gasteiger partial charge in [-0.15, -0.1) is 11.3 Å². The van der Waals surface area contributed by atoms with Crippen LogP contribution in [-0.2, 0) is 0 Å². The number of aryl methyl sites for hydroxylation is 1. The van der Waals surface area contributed by atoms with Crippen LogP contribution in [0.25, 0.3) is 10.2 Å². The molecule has 0 aliphatic carbocycles. The minimum Gasteiger partial charge on any atom is -0.495 e. The van der Waals surface area contributed by atoms with Crippen molar-refractivity contribution in [3.63, 3.8) is 0 Å². The van der Waals surface area contributed by atoms with Crippen LogP contribution in [0.2, 0.25) is 0 Å². The Morgan fingerprint density at radius 2 is 1.93 bits per heavy atom. The summed E-state index contributed by atoms with van der Waals surface area (Å²) in [5.74, 6) is 1.39. The molecule has 7 nitrogen and oxygen atoms in total. The van der Waals surface area contributed by atoms with Crippen molar-refractivity contribution in [2.45, 2.75) is 6.92 Å². The Kier molecular flexibility index (Phi) is 5.15. The van der Waals surface area contributed by atoms with Crippen molar-refractivity contribution in [1.82, 2.24) is 14.9 Å². The molecule has 1 fully saturated rings. The van der Waals surface area contributed by atoms with Gasteiger partial charge < -0.3 is 19.9 Å². The topological polar surface area (TPSA) is 70.6 Å². The lowest BCUT2D eigenvalue weighted by atomic mass is 10.1. The van der Waals surface area contributed by atoms with E-state index < -0.39 is 0 Å². The van der Waals surface area contributed by atoms with Gasteiger partial charge in [-0.2, -0.15) is 0 Å². The molecular formula is C20H23N5O2S. The molecule has 0 radical (unpaired) electrons. The van der Waals surface area contributed by atoms with Gasteiger partial charge in [-0.1, -0.05) is 12.1 Å². The number of thiophene rings is 1. The van der Waals surface area contributed by atoms with Crippen molar-refractivity contribution < 1.29 is 9.53 Å². The van der Waals surface area contributed by atoms with E-state index in [-0.39, 0.29) is 5.91 Å². The Morgan fingerprint density at radius 1 is 1.18 bits per heavy atom. The minimum atomic E-state index is -0.158. The van der Waals surface area contributed by atoms with Gasteiger partial charge in [0.25, 0.3) is 5.91 Å². The standard InChI is InChI=1S/C20H23N5O2S/c1-13-16-18(25-10-8-24(2)9-11-25)21-12-22-20(16)28-17(13)19(26)23-14-6-4-5-7-15(14)27-3/h4-7,12H,8-11H2,1-3H3,(H,23,26). The maximum absolute atomic E-state index is 13.0. The second kappa shape index (κ2) is 7.73. The number of hydrogen-bond acceptors (Lipinski definition) is 7. The maximum atomic E-state index is 13.0. The number of para-hydroxylation sites is 2. The average molecular weight is 398 g/mol. The minimum absolute atomic E-state index is 0.158. The summed E-state index contributed by atoms with van der Waals surface area (Å²) >= 11 is 1.40. The fourth-order valence-electron chi connectivity index (χ4n) is 3.45. The van der Waals surface area contributed by atoms with Gasteiger partial charge in [-0.05, 0) is 31.7 Å². The number of likely N-dealkylation sites (N-methyl/N-ethyl adjacent to an activating group) is 1. The van der Waals surface area contributed by atoms with Gasteiger partial charge in [0.15, 0.2) is 0 Å². The zero-order valence-corrected chi connectivity index (χ0v) is 17.0. The Hall–Kier alpha value is -2.71. The van der Waals surface area contributed by atoms with Gasteiger partial charge in [0.05, 0.1) is 23.1 Å². The van der Waals surface area contributed by atoms with Crippen molar-refractivity contribution >= 4 is 39.0 Å². The highest BCUT2D eigenvalue weighted by Gasteiger charge is 2.24. The van der Waals surface area contributed by atoms with E-state index in [1.54, 1.807) is 13.4 Å². The second-order valence-corrected chi connectivity index (χ2v) is 7.88. The number of piperazine rings is 1. The fraction of sp³-hybridized carbons (Fsp3) is 0.350. The molecule has 0 atom stereocenters. The zero-order chi connectivity index (χ0) is 19.7. The highest BCUT2D eigenvalue weighted by Crippen LogP contribution is 2.36. The van der Waals surface area contributed by atoms with Crippen LogP contribution in [0.15, 0.2) is 30.6 Å². The van der Waals surface area contributed by atoms with Crippen molar-refractivity contribution in [2.24, 2.45) is 0 Å². The van der Waals surface area contributed by atoms with Gasteiger partial charge in [-0.3, -0.25) is 4.79 Å². The molecule has 2 aromatic heterocycles. The third-order valence-corrected chi connectivity index (χ3v) is 6.27. The molecule has 0 spiro atoms. The first-order chi connectivity index (χ1) is 13.6. The first kappa shape index (κ1) is 18.6. The van der Waals surface area contributed by atoms with Gasteiger partial charge in [0.2, 0.25) is 0 Å². The molecule has 1 aliphatic heterocycles. The van der Waals surface area contributed by atoms with E-state index in [9.17, 15) is 4.79 Å². The molecule has 8 heteroatoms. The summed E-state index contributed by atoms with van der Waals surface area (Å²) < 4.78 is 5.33. The molecule has 0 unspecified atom stereocenters. The van der Waals surface area contributed by atoms with Gasteiger partial charge in [-0.25, -0.2) is 9.97 Å². The number of amides is 1. The van der Waals surface area contributed by atoms with Crippen LogP contribution < -0.4 is 15.0 Å². The lowest BCUT2D eigenvalue weighted by Gasteiger charge is -2.33. The molecule has 1 saturated heterocycles. The van der Waals surface area contributed by atoms with E-state index in [1.807, 2.05) is 31.2 Å². The summed E-state index contributed by atoms with van der Waals surface area (Å²) in [6, 6.07) is 7.39. The van der Waals surface area contributed by atoms with Crippen LogP contribution in [0.5, 0.6) is 5.75 Å². The monoisotopic (exact) mass is 397 g/mol. The fourth-order valence-corrected chi connectivity index (χ4v) is 4.49. The van der Waals surface area contributed by atoms with E-state index in [0.29, 0.717) is 16.3 Å². The third-order valence-electron chi connectivity index (χ3n) is 5.07. The molecule has 1 amide bonds. The van der Waals surface area contributed by atoms with E-state index in [0.717, 1.165) is 47.8 Å². The number of hydrogen-bond donors (Lipinski definition) is 1. The third kappa shape index (κ3) is 3.41. The predicted octanol–water partition coefficient (Wildman–Crippen LogP) is 3.01. The maximum Gasteiger partial charge on any atom is 0.266 e. The molecule has 4 rings (SSSR count). The molecule has 3 heterocycles. The first-order valence-corrected chi connectivity index (χ1v) is 10.0. The molecule has 146 valence electrons. The number of carbonyl (C=O) groups is 1. The largest absolute Gasteiger partial charge is 0.495 e. The van der Waals surface area contributed by atoms with Crippen molar-refractivity contribution in [1.29, 1.82) is 0 Å². The summed E-state index contributed by atoms with van der Waals surface area (Å²) in [7, 11) is 3.72. The smallest absolute Gasteiger partial charge is 0.266 e. The van der Waals surface area contributed by atoms with Crippen molar-refractivity contribution in [3.8, 4) is 5.75 Å². The van der Waals surface area contributed by atoms with Crippen molar-refractivity contribution in [2.75, 3.05) is 50.6 Å². The molecule has 3 aromatic rings. The summed E-state index contributed by atoms with van der Waals surface area (Å²) in [6.45, 7) is 5.80. The second-order valence-electron chi connectivity index (χ2n) is 6.88. The summed E-state index contributed by atoms with van der Waals surface area (Å²) in [5, 5.41) is 3.94. The highest BCUT2D eigenvalue weighted by atomic mass is 32.1. The summed E-state index contributed by atoms with van der Waals surface area (Å²) in [6.07, 6.45) is 1.59. The van der Waals surface area contributed by atoms with Crippen LogP contribution in [0.3, 0.4) is 0 Å². The lowest BCUT2D eigenvalue weighted by molar-refractivity contribution is 0.102. The van der Waals surface area contributed by atoms with Gasteiger partial charge in [0, 0.05) is 26.2 Å². The number of rotatable bonds is 4. The molecule has 0 saturated carbocycles. The number of carbonyl (C=O) groups excluding carboxylic acids is 1. The number of nitrogens with one attached hydrogen (secondary N) is 1. The number of ether oxygens (including phenoxy) is 1. The highest BCUT2D eigenvalue weighted by molar-refractivity contribution is 7.20. The number of methoxy groups -OCH3 is 1. The predicted molar refractivity (Wildman–Crippen MR) is 113 cm³/mol. The Labute approximate surface area is 168 Å². The van der Waals surface area contributed by atoms with E-state index in [2.05, 4.69) is 32.1 Å². The average Bonchev–Trinajstić information content (AvgIpc) is 3.06. The number of nitrogens with zero attached hydrogens (tertiary/aromatic N) is 4. The summed E-state index contributed by atoms with van der Waals surface area (Å²) in [4.78, 5) is 28.0. The van der Waals surface area contributed by atoms with Crippen LogP contribution >= 0.6 is 11.3 Å². The molecular weight excluding hydrogens is 374 g/mol. The van der Waals surface area contributed by atoms with Crippen molar-refractivity contribution in [3.05, 3.63) is 41.0 Å². The van der Waals surface area contributed by atoms with Gasteiger partial charge >= 0.3 is 0 Å². The molecule has 0 bridgehead atoms. The quantitative estimate of drug-likeness (QED) is 0.730. The van der Waals surface area contributed by atoms with Crippen LogP contribution in [-0.4, -0.2) is 61.1 Å². The summed E-state index contributed by atoms with van der Waals surface area (Å²) in [5.41, 5.74) is 1.57. The van der Waals surface area contributed by atoms with E-state index in [1.165, 1.54) is 11.3 Å².